The van der Waals surface area contributed by atoms with Crippen molar-refractivity contribution in [3.8, 4) is 0 Å². The molecule has 1 aromatic heterocycles. The lowest BCUT2D eigenvalue weighted by atomic mass is 9.87. The first-order valence-electron chi connectivity index (χ1n) is 5.18. The third-order valence-electron chi connectivity index (χ3n) is 3.22. The van der Waals surface area contributed by atoms with Gasteiger partial charge in [-0.25, -0.2) is 0 Å². The summed E-state index contributed by atoms with van der Waals surface area (Å²) in [5.74, 6) is 0.194. The van der Waals surface area contributed by atoms with E-state index in [-0.39, 0.29) is 5.91 Å². The van der Waals surface area contributed by atoms with E-state index in [1.807, 2.05) is 4.90 Å². The Morgan fingerprint density at radius 3 is 2.62 bits per heavy atom. The average molecular weight is 303 g/mol. The number of hydrogen-bond acceptors (Lipinski definition) is 5. The molecule has 1 aromatic rings. The molecule has 0 spiro atoms. The van der Waals surface area contributed by atoms with Crippen molar-refractivity contribution in [1.29, 1.82) is 0 Å². The fraction of sp³-hybridized carbons (Fsp3) is 0.667. The van der Waals surface area contributed by atoms with Crippen molar-refractivity contribution < 1.29 is 4.79 Å². The van der Waals surface area contributed by atoms with Crippen LogP contribution in [0.15, 0.2) is 3.92 Å². The van der Waals surface area contributed by atoms with E-state index in [9.17, 15) is 4.79 Å². The molecule has 0 aromatic carbocycles. The van der Waals surface area contributed by atoms with Crippen molar-refractivity contribution >= 4 is 38.3 Å². The highest BCUT2D eigenvalue weighted by molar-refractivity contribution is 9.11. The molecular weight excluding hydrogens is 292 g/mol. The summed E-state index contributed by atoms with van der Waals surface area (Å²) < 4.78 is 0.810. The van der Waals surface area contributed by atoms with Crippen LogP contribution in [0.1, 0.15) is 13.3 Å². The van der Waals surface area contributed by atoms with E-state index >= 15 is 0 Å². The number of piperazine rings is 1. The molecule has 4 rings (SSSR count). The van der Waals surface area contributed by atoms with Crippen molar-refractivity contribution in [2.75, 3.05) is 18.0 Å². The number of amides is 1. The van der Waals surface area contributed by atoms with Gasteiger partial charge in [-0.15, -0.1) is 10.2 Å². The molecule has 1 amide bonds. The van der Waals surface area contributed by atoms with Crippen molar-refractivity contribution in [1.82, 2.24) is 15.1 Å². The summed E-state index contributed by atoms with van der Waals surface area (Å²) in [5, 5.41) is 9.01. The lowest BCUT2D eigenvalue weighted by Crippen LogP contribution is -2.70. The van der Waals surface area contributed by atoms with Crippen LogP contribution in [0.25, 0.3) is 0 Å². The molecule has 4 heterocycles. The van der Waals surface area contributed by atoms with Crippen LogP contribution in [0.3, 0.4) is 0 Å². The first-order valence-corrected chi connectivity index (χ1v) is 6.79. The summed E-state index contributed by atoms with van der Waals surface area (Å²) in [4.78, 5) is 15.6. The van der Waals surface area contributed by atoms with Gasteiger partial charge in [0.2, 0.25) is 11.0 Å². The monoisotopic (exact) mass is 302 g/mol. The minimum absolute atomic E-state index is 0.194. The number of nitrogens with zero attached hydrogens (tertiary/aromatic N) is 4. The Kier molecular flexibility index (Phi) is 2.39. The molecule has 86 valence electrons. The normalized spacial score (nSPS) is 27.9. The SMILES string of the molecule is CC(=O)N1C2CC1CN(c1nnc(Br)s1)C2. The van der Waals surface area contributed by atoms with Crippen molar-refractivity contribution in [3.63, 3.8) is 0 Å². The summed E-state index contributed by atoms with van der Waals surface area (Å²) >= 11 is 4.86. The summed E-state index contributed by atoms with van der Waals surface area (Å²) in [7, 11) is 0. The van der Waals surface area contributed by atoms with Gasteiger partial charge in [-0.3, -0.25) is 4.79 Å². The Morgan fingerprint density at radius 2 is 2.12 bits per heavy atom. The van der Waals surface area contributed by atoms with E-state index in [0.29, 0.717) is 12.1 Å². The molecule has 3 aliphatic heterocycles. The maximum absolute atomic E-state index is 11.4. The fourth-order valence-electron chi connectivity index (χ4n) is 2.61. The molecule has 5 nitrogen and oxygen atoms in total. The topological polar surface area (TPSA) is 49.3 Å². The van der Waals surface area contributed by atoms with Crippen LogP contribution in [0, 0.1) is 0 Å². The second-order valence-electron chi connectivity index (χ2n) is 4.21. The lowest BCUT2D eigenvalue weighted by molar-refractivity contribution is -0.143. The van der Waals surface area contributed by atoms with Crippen molar-refractivity contribution in [3.05, 3.63) is 3.92 Å². The van der Waals surface area contributed by atoms with Gasteiger partial charge in [0.1, 0.15) is 0 Å². The molecular formula is C9H11BrN4OS. The minimum Gasteiger partial charge on any atom is -0.343 e. The van der Waals surface area contributed by atoms with Crippen LogP contribution in [0.4, 0.5) is 5.13 Å². The molecule has 7 heteroatoms. The van der Waals surface area contributed by atoms with Gasteiger partial charge in [-0.2, -0.15) is 0 Å². The van der Waals surface area contributed by atoms with E-state index in [0.717, 1.165) is 28.6 Å². The lowest BCUT2D eigenvalue weighted by Gasteiger charge is -2.55. The highest BCUT2D eigenvalue weighted by Gasteiger charge is 2.46. The molecule has 3 saturated heterocycles. The van der Waals surface area contributed by atoms with Gasteiger partial charge in [0.05, 0.1) is 12.1 Å². The van der Waals surface area contributed by atoms with Crippen LogP contribution in [-0.4, -0.2) is 46.2 Å². The van der Waals surface area contributed by atoms with Gasteiger partial charge in [0.25, 0.3) is 0 Å². The number of piperidine rings is 1. The number of aromatic nitrogens is 2. The van der Waals surface area contributed by atoms with Gasteiger partial charge in [-0.1, -0.05) is 11.3 Å². The molecule has 2 bridgehead atoms. The molecule has 0 radical (unpaired) electrons. The average Bonchev–Trinajstić information content (AvgIpc) is 2.64. The van der Waals surface area contributed by atoms with Gasteiger partial charge >= 0.3 is 0 Å². The largest absolute Gasteiger partial charge is 0.343 e. The van der Waals surface area contributed by atoms with E-state index in [1.165, 1.54) is 0 Å². The van der Waals surface area contributed by atoms with E-state index in [4.69, 9.17) is 0 Å². The number of anilines is 1. The molecule has 2 unspecified atom stereocenters. The maximum atomic E-state index is 11.4. The first-order chi connectivity index (χ1) is 7.65. The standard InChI is InChI=1S/C9H11BrN4OS/c1-5(15)14-6-2-7(14)4-13(3-6)9-12-11-8(10)16-9/h6-7H,2-4H2,1H3. The molecule has 0 aliphatic carbocycles. The molecule has 3 fully saturated rings. The third kappa shape index (κ3) is 1.53. The zero-order valence-corrected chi connectivity index (χ0v) is 11.2. The Hall–Kier alpha value is -0.690. The van der Waals surface area contributed by atoms with Crippen LogP contribution < -0.4 is 4.90 Å². The molecule has 16 heavy (non-hydrogen) atoms. The van der Waals surface area contributed by atoms with E-state index in [1.54, 1.807) is 18.3 Å². The van der Waals surface area contributed by atoms with Gasteiger partial charge < -0.3 is 9.80 Å². The first kappa shape index (κ1) is 10.5. The van der Waals surface area contributed by atoms with Crippen LogP contribution in [0.2, 0.25) is 0 Å². The summed E-state index contributed by atoms with van der Waals surface area (Å²) in [6.07, 6.45) is 1.13. The maximum Gasteiger partial charge on any atom is 0.220 e. The quantitative estimate of drug-likeness (QED) is 0.780. The van der Waals surface area contributed by atoms with Crippen LogP contribution in [-0.2, 0) is 4.79 Å². The molecule has 0 saturated carbocycles. The number of fused-ring (bicyclic) bond motifs is 2. The van der Waals surface area contributed by atoms with Crippen LogP contribution >= 0.6 is 27.3 Å². The molecule has 3 aliphatic rings. The van der Waals surface area contributed by atoms with Gasteiger partial charge in [-0.05, 0) is 22.4 Å². The third-order valence-corrected chi connectivity index (χ3v) is 4.63. The Morgan fingerprint density at radius 1 is 1.44 bits per heavy atom. The number of hydrogen-bond donors (Lipinski definition) is 0. The summed E-state index contributed by atoms with van der Waals surface area (Å²) in [5.41, 5.74) is 0. The van der Waals surface area contributed by atoms with Crippen LogP contribution in [0.5, 0.6) is 0 Å². The highest BCUT2D eigenvalue weighted by Crippen LogP contribution is 2.36. The fourth-order valence-corrected chi connectivity index (χ4v) is 3.71. The van der Waals surface area contributed by atoms with E-state index in [2.05, 4.69) is 31.0 Å². The Labute approximate surface area is 106 Å². The number of carbonyl (C=O) groups is 1. The predicted molar refractivity (Wildman–Crippen MR) is 64.5 cm³/mol. The predicted octanol–water partition coefficient (Wildman–Crippen LogP) is 1.11. The number of carbonyl (C=O) groups excluding carboxylic acids is 1. The summed E-state index contributed by atoms with van der Waals surface area (Å²) in [6, 6.07) is 0.748. The van der Waals surface area contributed by atoms with Gasteiger partial charge in [0, 0.05) is 20.0 Å². The minimum atomic E-state index is 0.194. The second-order valence-corrected chi connectivity index (χ2v) is 6.44. The van der Waals surface area contributed by atoms with Crippen molar-refractivity contribution in [2.24, 2.45) is 0 Å². The summed E-state index contributed by atoms with van der Waals surface area (Å²) in [6.45, 7) is 3.42. The Bertz CT molecular complexity index is 425. The second kappa shape index (κ2) is 3.66. The zero-order chi connectivity index (χ0) is 11.3. The van der Waals surface area contributed by atoms with Crippen molar-refractivity contribution in [2.45, 2.75) is 25.4 Å². The zero-order valence-electron chi connectivity index (χ0n) is 8.76. The van der Waals surface area contributed by atoms with E-state index < -0.39 is 0 Å². The molecule has 0 N–H and O–H groups in total. The number of rotatable bonds is 1. The number of halogens is 1. The van der Waals surface area contributed by atoms with Gasteiger partial charge in [0.15, 0.2) is 3.92 Å². The Balaban J connectivity index is 1.74. The highest BCUT2D eigenvalue weighted by atomic mass is 79.9. The molecule has 2 atom stereocenters. The smallest absolute Gasteiger partial charge is 0.220 e.